The van der Waals surface area contributed by atoms with Crippen LogP contribution < -0.4 is 10.6 Å². The Morgan fingerprint density at radius 3 is 2.90 bits per heavy atom. The molecular formula is C13H16ClN5O2. The van der Waals surface area contributed by atoms with Crippen LogP contribution in [0.4, 0.5) is 5.82 Å². The number of pyridine rings is 1. The molecule has 2 N–H and O–H groups in total. The van der Waals surface area contributed by atoms with Crippen molar-refractivity contribution in [2.75, 3.05) is 18.4 Å². The number of hydrogen-bond acceptors (Lipinski definition) is 6. The van der Waals surface area contributed by atoms with Crippen molar-refractivity contribution < 1.29 is 9.32 Å². The van der Waals surface area contributed by atoms with Gasteiger partial charge in [-0.05, 0) is 12.5 Å². The zero-order chi connectivity index (χ0) is 15.1. The molecule has 0 aliphatic rings. The summed E-state index contributed by atoms with van der Waals surface area (Å²) in [5, 5.41) is 9.92. The number of rotatable bonds is 7. The highest BCUT2D eigenvalue weighted by atomic mass is 35.5. The second kappa shape index (κ2) is 7.58. The highest BCUT2D eigenvalue weighted by molar-refractivity contribution is 6.33. The van der Waals surface area contributed by atoms with Gasteiger partial charge in [0.05, 0.1) is 10.6 Å². The van der Waals surface area contributed by atoms with E-state index >= 15 is 0 Å². The highest BCUT2D eigenvalue weighted by Crippen LogP contribution is 2.19. The topological polar surface area (TPSA) is 92.9 Å². The highest BCUT2D eigenvalue weighted by Gasteiger charge is 2.10. The minimum Gasteiger partial charge on any atom is -0.369 e. The summed E-state index contributed by atoms with van der Waals surface area (Å²) >= 11 is 6.09. The quantitative estimate of drug-likeness (QED) is 0.811. The van der Waals surface area contributed by atoms with Crippen LogP contribution in [0.5, 0.6) is 0 Å². The van der Waals surface area contributed by atoms with Crippen molar-refractivity contribution in [3.63, 3.8) is 0 Å². The maximum absolute atomic E-state index is 12.0. The monoisotopic (exact) mass is 309 g/mol. The van der Waals surface area contributed by atoms with E-state index in [1.165, 1.54) is 12.6 Å². The van der Waals surface area contributed by atoms with E-state index < -0.39 is 0 Å². The van der Waals surface area contributed by atoms with Gasteiger partial charge in [0.2, 0.25) is 6.39 Å². The Hall–Kier alpha value is -2.15. The molecule has 2 aromatic rings. The molecule has 2 aromatic heterocycles. The van der Waals surface area contributed by atoms with Crippen molar-refractivity contribution in [3.05, 3.63) is 35.1 Å². The average molecular weight is 310 g/mol. The average Bonchev–Trinajstić information content (AvgIpc) is 2.99. The largest absolute Gasteiger partial charge is 0.369 e. The van der Waals surface area contributed by atoms with Gasteiger partial charge < -0.3 is 15.2 Å². The van der Waals surface area contributed by atoms with Crippen molar-refractivity contribution in [3.8, 4) is 0 Å². The van der Waals surface area contributed by atoms with Gasteiger partial charge in [0.1, 0.15) is 5.82 Å². The van der Waals surface area contributed by atoms with E-state index in [2.05, 4.69) is 30.3 Å². The van der Waals surface area contributed by atoms with Crippen LogP contribution in [0.1, 0.15) is 29.5 Å². The van der Waals surface area contributed by atoms with Crippen LogP contribution in [0.3, 0.4) is 0 Å². The van der Waals surface area contributed by atoms with Crippen molar-refractivity contribution in [2.24, 2.45) is 0 Å². The van der Waals surface area contributed by atoms with Gasteiger partial charge in [0.25, 0.3) is 5.91 Å². The van der Waals surface area contributed by atoms with Crippen molar-refractivity contribution in [1.82, 2.24) is 20.4 Å². The van der Waals surface area contributed by atoms with Gasteiger partial charge in [-0.15, -0.1) is 0 Å². The molecule has 0 fully saturated rings. The molecule has 0 radical (unpaired) electrons. The second-order valence-electron chi connectivity index (χ2n) is 4.33. The van der Waals surface area contributed by atoms with Gasteiger partial charge in [0.15, 0.2) is 5.82 Å². The standard InChI is InChI=1S/C13H16ClN5O2/c1-2-4-15-12-10(14)6-9(7-17-12)13(20)16-5-3-11-18-8-21-19-11/h6-8H,2-5H2,1H3,(H,15,17)(H,16,20). The first kappa shape index (κ1) is 15.2. The number of nitrogens with zero attached hydrogens (tertiary/aromatic N) is 3. The lowest BCUT2D eigenvalue weighted by Gasteiger charge is -2.08. The van der Waals surface area contributed by atoms with Crippen LogP contribution in [-0.2, 0) is 6.42 Å². The molecule has 0 aliphatic carbocycles. The molecule has 0 saturated heterocycles. The fraction of sp³-hybridized carbons (Fsp3) is 0.385. The lowest BCUT2D eigenvalue weighted by molar-refractivity contribution is 0.0953. The number of anilines is 1. The molecule has 0 bridgehead atoms. The fourth-order valence-corrected chi connectivity index (χ4v) is 1.86. The first-order valence-corrected chi connectivity index (χ1v) is 7.01. The molecule has 0 atom stereocenters. The van der Waals surface area contributed by atoms with Crippen LogP contribution >= 0.6 is 11.6 Å². The molecule has 0 saturated carbocycles. The number of halogens is 1. The normalized spacial score (nSPS) is 10.4. The minimum absolute atomic E-state index is 0.241. The summed E-state index contributed by atoms with van der Waals surface area (Å²) < 4.78 is 4.61. The van der Waals surface area contributed by atoms with Crippen molar-refractivity contribution in [2.45, 2.75) is 19.8 Å². The van der Waals surface area contributed by atoms with Gasteiger partial charge in [0, 0.05) is 25.7 Å². The molecule has 112 valence electrons. The summed E-state index contributed by atoms with van der Waals surface area (Å²) in [7, 11) is 0. The van der Waals surface area contributed by atoms with Crippen LogP contribution in [-0.4, -0.2) is 34.1 Å². The molecular weight excluding hydrogens is 294 g/mol. The van der Waals surface area contributed by atoms with Gasteiger partial charge in [-0.3, -0.25) is 4.79 Å². The molecule has 0 spiro atoms. The minimum atomic E-state index is -0.241. The Labute approximate surface area is 127 Å². The third kappa shape index (κ3) is 4.42. The number of carbonyl (C=O) groups excluding carboxylic acids is 1. The number of hydrogen-bond donors (Lipinski definition) is 2. The van der Waals surface area contributed by atoms with E-state index in [4.69, 9.17) is 11.6 Å². The maximum atomic E-state index is 12.0. The van der Waals surface area contributed by atoms with E-state index in [0.717, 1.165) is 13.0 Å². The predicted octanol–water partition coefficient (Wildman–Crippen LogP) is 1.91. The summed E-state index contributed by atoms with van der Waals surface area (Å²) in [6, 6.07) is 1.59. The van der Waals surface area contributed by atoms with E-state index in [9.17, 15) is 4.79 Å². The van der Waals surface area contributed by atoms with Gasteiger partial charge in [-0.2, -0.15) is 4.98 Å². The Bertz CT molecular complexity index is 588. The number of aromatic nitrogens is 3. The fourth-order valence-electron chi connectivity index (χ4n) is 1.63. The zero-order valence-electron chi connectivity index (χ0n) is 11.6. The molecule has 2 rings (SSSR count). The van der Waals surface area contributed by atoms with Crippen molar-refractivity contribution >= 4 is 23.3 Å². The zero-order valence-corrected chi connectivity index (χ0v) is 12.4. The van der Waals surface area contributed by atoms with Gasteiger partial charge in [-0.1, -0.05) is 23.7 Å². The first-order chi connectivity index (χ1) is 10.2. The van der Waals surface area contributed by atoms with E-state index in [-0.39, 0.29) is 5.91 Å². The Balaban J connectivity index is 1.88. The maximum Gasteiger partial charge on any atom is 0.252 e. The van der Waals surface area contributed by atoms with Crippen LogP contribution in [0.2, 0.25) is 5.02 Å². The third-order valence-electron chi connectivity index (χ3n) is 2.69. The summed E-state index contributed by atoms with van der Waals surface area (Å²) in [6.45, 7) is 3.24. The van der Waals surface area contributed by atoms with Gasteiger partial charge in [-0.25, -0.2) is 4.98 Å². The first-order valence-electron chi connectivity index (χ1n) is 6.63. The molecule has 0 aliphatic heterocycles. The summed E-state index contributed by atoms with van der Waals surface area (Å²) in [5.74, 6) is 0.891. The molecule has 0 aromatic carbocycles. The smallest absolute Gasteiger partial charge is 0.252 e. The molecule has 21 heavy (non-hydrogen) atoms. The Morgan fingerprint density at radius 1 is 1.38 bits per heavy atom. The number of amides is 1. The molecule has 0 unspecified atom stereocenters. The number of nitrogens with one attached hydrogen (secondary N) is 2. The summed E-state index contributed by atoms with van der Waals surface area (Å²) in [5.41, 5.74) is 0.412. The number of carbonyl (C=O) groups is 1. The third-order valence-corrected chi connectivity index (χ3v) is 2.98. The summed E-state index contributed by atoms with van der Waals surface area (Å²) in [4.78, 5) is 20.0. The van der Waals surface area contributed by atoms with E-state index in [1.54, 1.807) is 6.07 Å². The molecule has 1 amide bonds. The molecule has 8 heteroatoms. The van der Waals surface area contributed by atoms with E-state index in [0.29, 0.717) is 35.2 Å². The lowest BCUT2D eigenvalue weighted by atomic mass is 10.2. The van der Waals surface area contributed by atoms with Gasteiger partial charge >= 0.3 is 0 Å². The van der Waals surface area contributed by atoms with Crippen LogP contribution in [0.25, 0.3) is 0 Å². The SMILES string of the molecule is CCCNc1ncc(C(=O)NCCc2ncon2)cc1Cl. The van der Waals surface area contributed by atoms with Crippen molar-refractivity contribution in [1.29, 1.82) is 0 Å². The van der Waals surface area contributed by atoms with E-state index in [1.807, 2.05) is 6.92 Å². The predicted molar refractivity (Wildman–Crippen MR) is 78.4 cm³/mol. The second-order valence-corrected chi connectivity index (χ2v) is 4.74. The lowest BCUT2D eigenvalue weighted by Crippen LogP contribution is -2.26. The molecule has 7 nitrogen and oxygen atoms in total. The van der Waals surface area contributed by atoms with Crippen LogP contribution in [0.15, 0.2) is 23.2 Å². The Kier molecular flexibility index (Phi) is 5.51. The summed E-state index contributed by atoms with van der Waals surface area (Å²) in [6.07, 6.45) is 4.21. The molecule has 2 heterocycles. The Morgan fingerprint density at radius 2 is 2.24 bits per heavy atom. The van der Waals surface area contributed by atoms with Crippen LogP contribution in [0, 0.1) is 0 Å².